The van der Waals surface area contributed by atoms with Gasteiger partial charge >= 0.3 is 0 Å². The molecule has 142 valence electrons. The van der Waals surface area contributed by atoms with Crippen LogP contribution in [0.4, 0.5) is 0 Å². The van der Waals surface area contributed by atoms with Gasteiger partial charge < -0.3 is 20.7 Å². The fourth-order valence-corrected chi connectivity index (χ4v) is 3.26. The van der Waals surface area contributed by atoms with Crippen LogP contribution in [-0.4, -0.2) is 36.8 Å². The highest BCUT2D eigenvalue weighted by molar-refractivity contribution is 7.80. The number of fused-ring (bicyclic) bond motifs is 1. The van der Waals surface area contributed by atoms with Gasteiger partial charge in [0, 0.05) is 11.3 Å². The van der Waals surface area contributed by atoms with Crippen LogP contribution in [0, 0.1) is 0 Å². The molecule has 2 heterocycles. The van der Waals surface area contributed by atoms with Crippen molar-refractivity contribution in [3.8, 4) is 28.6 Å². The maximum absolute atomic E-state index is 10.1. The average molecular weight is 395 g/mol. The van der Waals surface area contributed by atoms with Crippen LogP contribution in [-0.2, 0) is 0 Å². The number of ether oxygens (including phenoxy) is 1. The molecule has 0 radical (unpaired) electrons. The molecule has 1 unspecified atom stereocenters. The molecule has 0 saturated carbocycles. The lowest BCUT2D eigenvalue weighted by Crippen LogP contribution is -2.13. The van der Waals surface area contributed by atoms with Crippen LogP contribution in [0.1, 0.15) is 11.9 Å². The number of nitrogens with two attached hydrogens (primary N) is 1. The van der Waals surface area contributed by atoms with Gasteiger partial charge in [0.1, 0.15) is 17.4 Å². The normalized spacial score (nSPS) is 12.3. The second-order valence-electron chi connectivity index (χ2n) is 6.02. The molecule has 0 spiro atoms. The first-order valence-corrected chi connectivity index (χ1v) is 8.80. The lowest BCUT2D eigenvalue weighted by Gasteiger charge is -2.11. The minimum Gasteiger partial charge on any atom is -0.504 e. The molecular formula is C19H17N5O3S. The summed E-state index contributed by atoms with van der Waals surface area (Å²) in [6.45, 7) is 0. The quantitative estimate of drug-likeness (QED) is 0.309. The lowest BCUT2D eigenvalue weighted by molar-refractivity contribution is 0.183. The average Bonchev–Trinajstić information content (AvgIpc) is 3.03. The molecule has 0 aliphatic heterocycles. The number of phenols is 1. The van der Waals surface area contributed by atoms with E-state index in [0.29, 0.717) is 27.6 Å². The summed E-state index contributed by atoms with van der Waals surface area (Å²) in [5.74, 6) is 0.552. The molecule has 2 aromatic heterocycles. The number of phenolic OH excluding ortho intramolecular Hbond substituents is 1. The number of aromatic nitrogens is 4. The van der Waals surface area contributed by atoms with E-state index in [2.05, 4.69) is 27.6 Å². The first-order valence-electron chi connectivity index (χ1n) is 8.35. The molecule has 0 fully saturated rings. The Morgan fingerprint density at radius 2 is 1.86 bits per heavy atom. The van der Waals surface area contributed by atoms with Crippen molar-refractivity contribution in [1.82, 2.24) is 19.5 Å². The van der Waals surface area contributed by atoms with Gasteiger partial charge in [-0.2, -0.15) is 0 Å². The molecular weight excluding hydrogens is 378 g/mol. The van der Waals surface area contributed by atoms with Gasteiger partial charge in [0.05, 0.1) is 7.11 Å². The fourth-order valence-electron chi connectivity index (χ4n) is 2.95. The van der Waals surface area contributed by atoms with E-state index in [-0.39, 0.29) is 17.3 Å². The van der Waals surface area contributed by atoms with E-state index in [0.717, 1.165) is 5.69 Å². The minimum absolute atomic E-state index is 0.0509. The maximum Gasteiger partial charge on any atom is 0.171 e. The van der Waals surface area contributed by atoms with E-state index in [4.69, 9.17) is 10.5 Å². The van der Waals surface area contributed by atoms with Gasteiger partial charge in [-0.05, 0) is 30.3 Å². The van der Waals surface area contributed by atoms with Crippen molar-refractivity contribution in [3.05, 3.63) is 54.2 Å². The molecule has 0 bridgehead atoms. The highest BCUT2D eigenvalue weighted by Gasteiger charge is 2.21. The smallest absolute Gasteiger partial charge is 0.171 e. The SMILES string of the molecule is COc1ccc(-c2nc(C(N)O)c3nc(S)n(-c4ccccc4)c3n2)cc1O. The Bertz CT molecular complexity index is 1160. The predicted molar refractivity (Wildman–Crippen MR) is 107 cm³/mol. The van der Waals surface area contributed by atoms with Crippen LogP contribution < -0.4 is 10.5 Å². The predicted octanol–water partition coefficient (Wildman–Crippen LogP) is 2.44. The van der Waals surface area contributed by atoms with Crippen molar-refractivity contribution in [2.45, 2.75) is 11.4 Å². The second kappa shape index (κ2) is 7.12. The fraction of sp³-hybridized carbons (Fsp3) is 0.105. The molecule has 0 saturated heterocycles. The number of para-hydroxylation sites is 1. The van der Waals surface area contributed by atoms with Crippen molar-refractivity contribution in [1.29, 1.82) is 0 Å². The van der Waals surface area contributed by atoms with Gasteiger partial charge in [-0.25, -0.2) is 15.0 Å². The third-order valence-corrected chi connectivity index (χ3v) is 4.55. The van der Waals surface area contributed by atoms with Crippen molar-refractivity contribution >= 4 is 23.8 Å². The number of aliphatic hydroxyl groups excluding tert-OH is 1. The molecule has 9 heteroatoms. The van der Waals surface area contributed by atoms with Gasteiger partial charge in [0.25, 0.3) is 0 Å². The summed E-state index contributed by atoms with van der Waals surface area (Å²) >= 11 is 4.45. The molecule has 8 nitrogen and oxygen atoms in total. The van der Waals surface area contributed by atoms with E-state index in [9.17, 15) is 10.2 Å². The minimum atomic E-state index is -1.36. The van der Waals surface area contributed by atoms with E-state index in [1.54, 1.807) is 16.7 Å². The topological polar surface area (TPSA) is 119 Å². The summed E-state index contributed by atoms with van der Waals surface area (Å²) in [7, 11) is 1.47. The van der Waals surface area contributed by atoms with Gasteiger partial charge in [0.15, 0.2) is 28.1 Å². The molecule has 0 aliphatic rings. The summed E-state index contributed by atoms with van der Waals surface area (Å²) < 4.78 is 6.81. The Morgan fingerprint density at radius 1 is 1.11 bits per heavy atom. The molecule has 2 aromatic carbocycles. The third-order valence-electron chi connectivity index (χ3n) is 4.25. The molecule has 1 atom stereocenters. The molecule has 0 amide bonds. The zero-order valence-corrected chi connectivity index (χ0v) is 15.7. The zero-order valence-electron chi connectivity index (χ0n) is 14.8. The lowest BCUT2D eigenvalue weighted by atomic mass is 10.1. The number of rotatable bonds is 4. The van der Waals surface area contributed by atoms with Crippen molar-refractivity contribution in [2.75, 3.05) is 7.11 Å². The summed E-state index contributed by atoms with van der Waals surface area (Å²) in [4.78, 5) is 13.4. The Hall–Kier alpha value is -3.14. The molecule has 4 N–H and O–H groups in total. The first kappa shape index (κ1) is 18.2. The number of thiol groups is 1. The monoisotopic (exact) mass is 395 g/mol. The number of nitrogens with zero attached hydrogens (tertiary/aromatic N) is 4. The summed E-state index contributed by atoms with van der Waals surface area (Å²) in [5, 5.41) is 20.5. The third kappa shape index (κ3) is 3.05. The van der Waals surface area contributed by atoms with Crippen LogP contribution >= 0.6 is 12.6 Å². The molecule has 28 heavy (non-hydrogen) atoms. The van der Waals surface area contributed by atoms with Crippen molar-refractivity contribution < 1.29 is 14.9 Å². The van der Waals surface area contributed by atoms with Crippen LogP contribution in [0.25, 0.3) is 28.2 Å². The summed E-state index contributed by atoms with van der Waals surface area (Å²) in [6.07, 6.45) is -1.36. The molecule has 4 rings (SSSR count). The van der Waals surface area contributed by atoms with Gasteiger partial charge in [-0.15, -0.1) is 12.6 Å². The van der Waals surface area contributed by atoms with Gasteiger partial charge in [-0.3, -0.25) is 4.57 Å². The maximum atomic E-state index is 10.1. The molecule has 4 aromatic rings. The van der Waals surface area contributed by atoms with Crippen molar-refractivity contribution in [2.24, 2.45) is 5.73 Å². The Balaban J connectivity index is 2.00. The number of methoxy groups -OCH3 is 1. The van der Waals surface area contributed by atoms with E-state index >= 15 is 0 Å². The van der Waals surface area contributed by atoms with Crippen LogP contribution in [0.15, 0.2) is 53.7 Å². The number of hydrogen-bond acceptors (Lipinski definition) is 8. The second-order valence-corrected chi connectivity index (χ2v) is 6.42. The van der Waals surface area contributed by atoms with Crippen molar-refractivity contribution in [3.63, 3.8) is 0 Å². The van der Waals surface area contributed by atoms with E-state index in [1.165, 1.54) is 13.2 Å². The first-order chi connectivity index (χ1) is 13.5. The van der Waals surface area contributed by atoms with Gasteiger partial charge in [-0.1, -0.05) is 18.2 Å². The van der Waals surface area contributed by atoms with Crippen LogP contribution in [0.3, 0.4) is 0 Å². The Kier molecular flexibility index (Phi) is 4.63. The van der Waals surface area contributed by atoms with Gasteiger partial charge in [0.2, 0.25) is 0 Å². The van der Waals surface area contributed by atoms with Crippen LogP contribution in [0.2, 0.25) is 0 Å². The van der Waals surface area contributed by atoms with E-state index in [1.807, 2.05) is 30.3 Å². The highest BCUT2D eigenvalue weighted by Crippen LogP contribution is 2.32. The standard InChI is InChI=1S/C19H17N5O3S/c1-27-13-8-7-10(9-12(13)25)17-21-14(16(20)26)15-18(23-17)24(19(28)22-15)11-5-3-2-4-6-11/h2-9,16,25-26H,20H2,1H3,(H,22,28). The summed E-state index contributed by atoms with van der Waals surface area (Å²) in [6, 6.07) is 14.2. The number of aromatic hydroxyl groups is 1. The summed E-state index contributed by atoms with van der Waals surface area (Å²) in [5.41, 5.74) is 8.01. The number of aliphatic hydroxyl groups is 1. The largest absolute Gasteiger partial charge is 0.504 e. The molecule has 0 aliphatic carbocycles. The zero-order chi connectivity index (χ0) is 19.8. The highest BCUT2D eigenvalue weighted by atomic mass is 32.1. The van der Waals surface area contributed by atoms with E-state index < -0.39 is 6.23 Å². The Morgan fingerprint density at radius 3 is 2.50 bits per heavy atom. The Labute approximate surface area is 165 Å². The van der Waals surface area contributed by atoms with Crippen LogP contribution in [0.5, 0.6) is 11.5 Å². The number of imidazole rings is 1. The number of benzene rings is 2. The number of hydrogen-bond donors (Lipinski definition) is 4.